The standard InChI is InChI=1S/C15H22N4/c1-11(2)9-19-14(12-6-8-18(3)10-12)17-13-5-4-7-16-15(13)19/h4-5,7,11-12H,6,8-10H2,1-3H3. The summed E-state index contributed by atoms with van der Waals surface area (Å²) in [5.74, 6) is 2.39. The highest BCUT2D eigenvalue weighted by molar-refractivity contribution is 5.71. The quantitative estimate of drug-likeness (QED) is 0.848. The van der Waals surface area contributed by atoms with Gasteiger partial charge in [0, 0.05) is 25.2 Å². The molecule has 4 nitrogen and oxygen atoms in total. The Hall–Kier alpha value is -1.42. The van der Waals surface area contributed by atoms with E-state index in [1.165, 1.54) is 18.8 Å². The van der Waals surface area contributed by atoms with Crippen LogP contribution in [0, 0.1) is 5.92 Å². The first-order chi connectivity index (χ1) is 9.15. The summed E-state index contributed by atoms with van der Waals surface area (Å²) in [6.45, 7) is 7.78. The molecule has 0 aliphatic carbocycles. The number of hydrogen-bond acceptors (Lipinski definition) is 3. The lowest BCUT2D eigenvalue weighted by molar-refractivity contribution is 0.406. The van der Waals surface area contributed by atoms with Gasteiger partial charge in [-0.1, -0.05) is 13.8 Å². The van der Waals surface area contributed by atoms with Crippen molar-refractivity contribution in [1.82, 2.24) is 19.4 Å². The van der Waals surface area contributed by atoms with Crippen molar-refractivity contribution in [3.8, 4) is 0 Å². The summed E-state index contributed by atoms with van der Waals surface area (Å²) in [5.41, 5.74) is 2.08. The molecule has 1 atom stereocenters. The van der Waals surface area contributed by atoms with Crippen LogP contribution in [0.3, 0.4) is 0 Å². The van der Waals surface area contributed by atoms with E-state index < -0.39 is 0 Å². The van der Waals surface area contributed by atoms with Gasteiger partial charge in [0.25, 0.3) is 0 Å². The number of nitrogens with zero attached hydrogens (tertiary/aromatic N) is 4. The second-order valence-electron chi connectivity index (χ2n) is 6.07. The number of fused-ring (bicyclic) bond motifs is 1. The lowest BCUT2D eigenvalue weighted by Gasteiger charge is -2.15. The highest BCUT2D eigenvalue weighted by atomic mass is 15.2. The molecule has 0 radical (unpaired) electrons. The van der Waals surface area contributed by atoms with Crippen molar-refractivity contribution in [3.63, 3.8) is 0 Å². The largest absolute Gasteiger partial charge is 0.312 e. The van der Waals surface area contributed by atoms with E-state index in [1.54, 1.807) is 0 Å². The Balaban J connectivity index is 2.06. The lowest BCUT2D eigenvalue weighted by atomic mass is 10.1. The Labute approximate surface area is 114 Å². The number of hydrogen-bond donors (Lipinski definition) is 0. The number of imidazole rings is 1. The molecule has 0 bridgehead atoms. The van der Waals surface area contributed by atoms with E-state index in [0.717, 1.165) is 24.3 Å². The fourth-order valence-electron chi connectivity index (χ4n) is 2.98. The molecule has 3 rings (SSSR count). The summed E-state index contributed by atoms with van der Waals surface area (Å²) in [7, 11) is 2.19. The fourth-order valence-corrected chi connectivity index (χ4v) is 2.98. The van der Waals surface area contributed by atoms with Crippen molar-refractivity contribution in [2.45, 2.75) is 32.7 Å². The monoisotopic (exact) mass is 258 g/mol. The maximum atomic E-state index is 4.86. The highest BCUT2D eigenvalue weighted by Gasteiger charge is 2.26. The third-order valence-corrected chi connectivity index (χ3v) is 3.84. The summed E-state index contributed by atoms with van der Waals surface area (Å²) >= 11 is 0. The minimum atomic E-state index is 0.554. The van der Waals surface area contributed by atoms with Crippen LogP contribution in [0.5, 0.6) is 0 Å². The summed E-state index contributed by atoms with van der Waals surface area (Å²) in [6.07, 6.45) is 3.07. The molecule has 4 heteroatoms. The van der Waals surface area contributed by atoms with Crippen molar-refractivity contribution < 1.29 is 0 Å². The number of likely N-dealkylation sites (N-methyl/N-ethyl adjacent to an activating group) is 1. The van der Waals surface area contributed by atoms with Crippen molar-refractivity contribution in [2.24, 2.45) is 5.92 Å². The van der Waals surface area contributed by atoms with Gasteiger partial charge in [-0.25, -0.2) is 9.97 Å². The SMILES string of the molecule is CC(C)Cn1c(C2CCN(C)C2)nc2cccnc21. The van der Waals surface area contributed by atoms with Crippen molar-refractivity contribution in [3.05, 3.63) is 24.2 Å². The first-order valence-corrected chi connectivity index (χ1v) is 7.15. The van der Waals surface area contributed by atoms with Crippen molar-refractivity contribution in [2.75, 3.05) is 20.1 Å². The number of rotatable bonds is 3. The molecule has 0 aromatic carbocycles. The topological polar surface area (TPSA) is 34.0 Å². The molecule has 2 aromatic heterocycles. The van der Waals surface area contributed by atoms with Crippen LogP contribution in [-0.4, -0.2) is 39.6 Å². The normalized spacial score (nSPS) is 20.7. The summed E-state index contributed by atoms with van der Waals surface area (Å²) in [5, 5.41) is 0. The Kier molecular flexibility index (Phi) is 3.27. The lowest BCUT2D eigenvalue weighted by Crippen LogP contribution is -2.17. The Morgan fingerprint density at radius 2 is 2.26 bits per heavy atom. The molecule has 2 aromatic rings. The zero-order valence-electron chi connectivity index (χ0n) is 12.0. The Bertz CT molecular complexity index is 573. The van der Waals surface area contributed by atoms with Gasteiger partial charge in [-0.3, -0.25) is 0 Å². The summed E-state index contributed by atoms with van der Waals surface area (Å²) in [6, 6.07) is 4.04. The van der Waals surface area contributed by atoms with Crippen LogP contribution in [0.25, 0.3) is 11.2 Å². The van der Waals surface area contributed by atoms with Crippen molar-refractivity contribution >= 4 is 11.2 Å². The maximum Gasteiger partial charge on any atom is 0.160 e. The van der Waals surface area contributed by atoms with Crippen molar-refractivity contribution in [1.29, 1.82) is 0 Å². The zero-order valence-corrected chi connectivity index (χ0v) is 12.0. The Morgan fingerprint density at radius 3 is 2.95 bits per heavy atom. The first kappa shape index (κ1) is 12.6. The molecular weight excluding hydrogens is 236 g/mol. The molecule has 0 amide bonds. The van der Waals surface area contributed by atoms with E-state index in [0.29, 0.717) is 11.8 Å². The third kappa shape index (κ3) is 2.37. The molecular formula is C15H22N4. The van der Waals surface area contributed by atoms with Gasteiger partial charge in [-0.05, 0) is 38.1 Å². The van der Waals surface area contributed by atoms with Gasteiger partial charge in [-0.15, -0.1) is 0 Å². The van der Waals surface area contributed by atoms with E-state index in [1.807, 2.05) is 12.3 Å². The Morgan fingerprint density at radius 1 is 1.42 bits per heavy atom. The second kappa shape index (κ2) is 4.93. The molecule has 1 aliphatic rings. The van der Waals surface area contributed by atoms with E-state index >= 15 is 0 Å². The molecule has 1 unspecified atom stereocenters. The average molecular weight is 258 g/mol. The number of aromatic nitrogens is 3. The smallest absolute Gasteiger partial charge is 0.160 e. The van der Waals surface area contributed by atoms with E-state index in [4.69, 9.17) is 4.98 Å². The highest BCUT2D eigenvalue weighted by Crippen LogP contribution is 2.28. The molecule has 19 heavy (non-hydrogen) atoms. The van der Waals surface area contributed by atoms with Gasteiger partial charge >= 0.3 is 0 Å². The van der Waals surface area contributed by atoms with E-state index in [-0.39, 0.29) is 0 Å². The van der Waals surface area contributed by atoms with Crippen LogP contribution in [-0.2, 0) is 6.54 Å². The van der Waals surface area contributed by atoms with E-state index in [9.17, 15) is 0 Å². The van der Waals surface area contributed by atoms with Gasteiger partial charge in [-0.2, -0.15) is 0 Å². The molecule has 0 saturated carbocycles. The minimum absolute atomic E-state index is 0.554. The molecule has 0 spiro atoms. The molecule has 3 heterocycles. The summed E-state index contributed by atoms with van der Waals surface area (Å²) in [4.78, 5) is 11.8. The minimum Gasteiger partial charge on any atom is -0.312 e. The predicted molar refractivity (Wildman–Crippen MR) is 77.2 cm³/mol. The van der Waals surface area contributed by atoms with Crippen LogP contribution in [0.4, 0.5) is 0 Å². The van der Waals surface area contributed by atoms with Crippen LogP contribution in [0.1, 0.15) is 32.0 Å². The molecule has 1 saturated heterocycles. The molecule has 0 N–H and O–H groups in total. The molecule has 1 fully saturated rings. The van der Waals surface area contributed by atoms with Gasteiger partial charge < -0.3 is 9.47 Å². The van der Waals surface area contributed by atoms with Crippen LogP contribution in [0.15, 0.2) is 18.3 Å². The van der Waals surface area contributed by atoms with Crippen LogP contribution in [0.2, 0.25) is 0 Å². The van der Waals surface area contributed by atoms with Crippen LogP contribution >= 0.6 is 0 Å². The third-order valence-electron chi connectivity index (χ3n) is 3.84. The predicted octanol–water partition coefficient (Wildman–Crippen LogP) is 2.51. The zero-order chi connectivity index (χ0) is 13.4. The van der Waals surface area contributed by atoms with Gasteiger partial charge in [0.2, 0.25) is 0 Å². The summed E-state index contributed by atoms with van der Waals surface area (Å²) < 4.78 is 2.34. The first-order valence-electron chi connectivity index (χ1n) is 7.15. The van der Waals surface area contributed by atoms with Crippen LogP contribution < -0.4 is 0 Å². The number of likely N-dealkylation sites (tertiary alicyclic amines) is 1. The fraction of sp³-hybridized carbons (Fsp3) is 0.600. The number of pyridine rings is 1. The molecule has 1 aliphatic heterocycles. The van der Waals surface area contributed by atoms with Gasteiger partial charge in [0.05, 0.1) is 0 Å². The van der Waals surface area contributed by atoms with Gasteiger partial charge in [0.15, 0.2) is 5.65 Å². The molecule has 102 valence electrons. The van der Waals surface area contributed by atoms with Gasteiger partial charge in [0.1, 0.15) is 11.3 Å². The second-order valence-corrected chi connectivity index (χ2v) is 6.07. The maximum absolute atomic E-state index is 4.86. The van der Waals surface area contributed by atoms with E-state index in [2.05, 4.69) is 41.4 Å². The average Bonchev–Trinajstić information content (AvgIpc) is 2.94.